The quantitative estimate of drug-likeness (QED) is 0.494. The summed E-state index contributed by atoms with van der Waals surface area (Å²) in [6, 6.07) is 0. The van der Waals surface area contributed by atoms with Crippen molar-refractivity contribution >= 4 is 17.5 Å². The van der Waals surface area contributed by atoms with Crippen LogP contribution in [0.1, 0.15) is 44.9 Å². The van der Waals surface area contributed by atoms with Crippen LogP contribution in [0, 0.1) is 0 Å². The number of carbonyl (C=O) groups is 2. The van der Waals surface area contributed by atoms with Crippen molar-refractivity contribution in [2.24, 2.45) is 10.8 Å². The molecule has 84 valence electrons. The second-order valence-corrected chi connectivity index (χ2v) is 3.75. The fourth-order valence-corrected chi connectivity index (χ4v) is 1.61. The summed E-state index contributed by atoms with van der Waals surface area (Å²) in [6.45, 7) is 0. The highest BCUT2D eigenvalue weighted by molar-refractivity contribution is 6.34. The van der Waals surface area contributed by atoms with Crippen molar-refractivity contribution < 1.29 is 9.59 Å². The Balaban J connectivity index is 2.41. The van der Waals surface area contributed by atoms with E-state index in [0.717, 1.165) is 31.4 Å². The van der Waals surface area contributed by atoms with Crippen LogP contribution in [0.5, 0.6) is 0 Å². The van der Waals surface area contributed by atoms with Crippen molar-refractivity contribution in [3.63, 3.8) is 0 Å². The lowest BCUT2D eigenvalue weighted by Crippen LogP contribution is -2.33. The van der Waals surface area contributed by atoms with Gasteiger partial charge in [0.25, 0.3) is 0 Å². The average Bonchev–Trinajstić information content (AvgIpc) is 2.15. The van der Waals surface area contributed by atoms with E-state index < -0.39 is 11.8 Å². The molecule has 15 heavy (non-hydrogen) atoms. The number of hydrogen-bond donors (Lipinski definition) is 2. The van der Waals surface area contributed by atoms with Crippen molar-refractivity contribution in [3.05, 3.63) is 0 Å². The van der Waals surface area contributed by atoms with Crippen LogP contribution in [-0.2, 0) is 9.59 Å². The van der Waals surface area contributed by atoms with Crippen LogP contribution >= 0.6 is 0 Å². The summed E-state index contributed by atoms with van der Waals surface area (Å²) in [6.07, 6.45) is 7.71. The van der Waals surface area contributed by atoms with Gasteiger partial charge in [-0.25, -0.2) is 5.43 Å². The Kier molecular flexibility index (Phi) is 4.80. The second kappa shape index (κ2) is 6.16. The molecule has 0 saturated heterocycles. The molecule has 1 fully saturated rings. The third-order valence-corrected chi connectivity index (χ3v) is 2.47. The molecule has 3 N–H and O–H groups in total. The number of rotatable bonds is 1. The summed E-state index contributed by atoms with van der Waals surface area (Å²) in [5.74, 6) is -1.84. The summed E-state index contributed by atoms with van der Waals surface area (Å²) in [4.78, 5) is 21.3. The molecule has 0 spiro atoms. The van der Waals surface area contributed by atoms with Gasteiger partial charge in [0.1, 0.15) is 0 Å². The molecule has 2 amide bonds. The maximum Gasteiger partial charge on any atom is 0.329 e. The van der Waals surface area contributed by atoms with E-state index in [-0.39, 0.29) is 0 Å². The molecule has 0 unspecified atom stereocenters. The van der Waals surface area contributed by atoms with Crippen molar-refractivity contribution in [1.82, 2.24) is 5.43 Å². The Bertz CT molecular complexity index is 264. The fraction of sp³-hybridized carbons (Fsp3) is 0.700. The van der Waals surface area contributed by atoms with Crippen LogP contribution < -0.4 is 11.2 Å². The zero-order valence-corrected chi connectivity index (χ0v) is 8.79. The van der Waals surface area contributed by atoms with Gasteiger partial charge in [-0.2, -0.15) is 5.10 Å². The third-order valence-electron chi connectivity index (χ3n) is 2.47. The summed E-state index contributed by atoms with van der Waals surface area (Å²) in [5, 5.41) is 3.92. The molecule has 5 nitrogen and oxygen atoms in total. The zero-order valence-electron chi connectivity index (χ0n) is 8.79. The van der Waals surface area contributed by atoms with Crippen molar-refractivity contribution in [3.8, 4) is 0 Å². The summed E-state index contributed by atoms with van der Waals surface area (Å²) in [5.41, 5.74) is 7.92. The SMILES string of the molecule is NC(=O)C(=O)NN=C1CCCCCCC1. The Morgan fingerprint density at radius 1 is 1.07 bits per heavy atom. The monoisotopic (exact) mass is 211 g/mol. The minimum absolute atomic E-state index is 0.843. The fourth-order valence-electron chi connectivity index (χ4n) is 1.61. The lowest BCUT2D eigenvalue weighted by atomic mass is 9.99. The van der Waals surface area contributed by atoms with E-state index in [4.69, 9.17) is 5.73 Å². The van der Waals surface area contributed by atoms with E-state index in [2.05, 4.69) is 10.5 Å². The van der Waals surface area contributed by atoms with Gasteiger partial charge in [-0.15, -0.1) is 0 Å². The van der Waals surface area contributed by atoms with Gasteiger partial charge in [0, 0.05) is 5.71 Å². The second-order valence-electron chi connectivity index (χ2n) is 3.75. The van der Waals surface area contributed by atoms with E-state index in [1.54, 1.807) is 0 Å². The first kappa shape index (κ1) is 11.7. The molecule has 1 rings (SSSR count). The maximum absolute atomic E-state index is 10.8. The Morgan fingerprint density at radius 3 is 2.13 bits per heavy atom. The van der Waals surface area contributed by atoms with Crippen molar-refractivity contribution in [2.45, 2.75) is 44.9 Å². The van der Waals surface area contributed by atoms with Gasteiger partial charge < -0.3 is 5.73 Å². The molecule has 0 bridgehead atoms. The number of amides is 2. The normalized spacial score (nSPS) is 17.5. The molecular weight excluding hydrogens is 194 g/mol. The number of hydrazone groups is 1. The lowest BCUT2D eigenvalue weighted by molar-refractivity contribution is -0.137. The third kappa shape index (κ3) is 4.58. The highest BCUT2D eigenvalue weighted by atomic mass is 16.2. The van der Waals surface area contributed by atoms with Crippen LogP contribution in [0.2, 0.25) is 0 Å². The molecule has 5 heteroatoms. The lowest BCUT2D eigenvalue weighted by Gasteiger charge is -2.10. The van der Waals surface area contributed by atoms with Crippen LogP contribution in [-0.4, -0.2) is 17.5 Å². The molecule has 0 aromatic heterocycles. The number of nitrogens with one attached hydrogen (secondary N) is 1. The predicted molar refractivity (Wildman–Crippen MR) is 57.1 cm³/mol. The molecule has 0 aromatic rings. The predicted octanol–water partition coefficient (Wildman–Crippen LogP) is 0.688. The maximum atomic E-state index is 10.8. The minimum Gasteiger partial charge on any atom is -0.361 e. The smallest absolute Gasteiger partial charge is 0.329 e. The van der Waals surface area contributed by atoms with Crippen molar-refractivity contribution in [2.75, 3.05) is 0 Å². The Morgan fingerprint density at radius 2 is 1.60 bits per heavy atom. The van der Waals surface area contributed by atoms with E-state index in [1.807, 2.05) is 0 Å². The van der Waals surface area contributed by atoms with Gasteiger partial charge in [0.2, 0.25) is 0 Å². The van der Waals surface area contributed by atoms with E-state index in [9.17, 15) is 9.59 Å². The Labute approximate surface area is 89.1 Å². The molecular formula is C10H17N3O2. The van der Waals surface area contributed by atoms with Crippen LogP contribution in [0.15, 0.2) is 5.10 Å². The van der Waals surface area contributed by atoms with Gasteiger partial charge in [0.15, 0.2) is 0 Å². The number of nitrogens with two attached hydrogens (primary N) is 1. The molecule has 0 heterocycles. The molecule has 0 aromatic carbocycles. The molecule has 0 aliphatic heterocycles. The first-order chi connectivity index (χ1) is 7.20. The molecule has 1 saturated carbocycles. The molecule has 0 atom stereocenters. The summed E-state index contributed by atoms with van der Waals surface area (Å²) in [7, 11) is 0. The van der Waals surface area contributed by atoms with E-state index >= 15 is 0 Å². The van der Waals surface area contributed by atoms with Crippen molar-refractivity contribution in [1.29, 1.82) is 0 Å². The highest BCUT2D eigenvalue weighted by Crippen LogP contribution is 2.14. The Hall–Kier alpha value is -1.39. The van der Waals surface area contributed by atoms with Crippen LogP contribution in [0.4, 0.5) is 0 Å². The minimum atomic E-state index is -0.995. The zero-order chi connectivity index (χ0) is 11.1. The van der Waals surface area contributed by atoms with Gasteiger partial charge >= 0.3 is 11.8 Å². The number of hydrogen-bond acceptors (Lipinski definition) is 3. The molecule has 1 aliphatic rings. The van der Waals surface area contributed by atoms with Gasteiger partial charge in [-0.05, 0) is 25.7 Å². The van der Waals surface area contributed by atoms with E-state index in [1.165, 1.54) is 19.3 Å². The van der Waals surface area contributed by atoms with Gasteiger partial charge in [-0.1, -0.05) is 19.3 Å². The topological polar surface area (TPSA) is 84.5 Å². The number of nitrogens with zero attached hydrogens (tertiary/aromatic N) is 1. The average molecular weight is 211 g/mol. The number of primary amides is 1. The summed E-state index contributed by atoms with van der Waals surface area (Å²) < 4.78 is 0. The first-order valence-corrected chi connectivity index (χ1v) is 5.35. The summed E-state index contributed by atoms with van der Waals surface area (Å²) >= 11 is 0. The van der Waals surface area contributed by atoms with Gasteiger partial charge in [-0.3, -0.25) is 9.59 Å². The molecule has 0 radical (unpaired) electrons. The highest BCUT2D eigenvalue weighted by Gasteiger charge is 2.08. The first-order valence-electron chi connectivity index (χ1n) is 5.35. The largest absolute Gasteiger partial charge is 0.361 e. The number of carbonyl (C=O) groups excluding carboxylic acids is 2. The van der Waals surface area contributed by atoms with Gasteiger partial charge in [0.05, 0.1) is 0 Å². The van der Waals surface area contributed by atoms with Crippen LogP contribution in [0.3, 0.4) is 0 Å². The standard InChI is InChI=1S/C10H17N3O2/c11-9(14)10(15)13-12-8-6-4-2-1-3-5-7-8/h1-7H2,(H2,11,14)(H,13,15). The molecule has 1 aliphatic carbocycles. The van der Waals surface area contributed by atoms with E-state index in [0.29, 0.717) is 0 Å². The van der Waals surface area contributed by atoms with Crippen LogP contribution in [0.25, 0.3) is 0 Å².